The second-order valence-electron chi connectivity index (χ2n) is 3.17. The van der Waals surface area contributed by atoms with Crippen LogP contribution in [0.15, 0.2) is 18.2 Å². The molecule has 0 atom stereocenters. The Morgan fingerprint density at radius 3 is 2.67 bits per heavy atom. The van der Waals surface area contributed by atoms with Crippen molar-refractivity contribution in [2.45, 2.75) is 6.29 Å². The molecule has 15 heavy (non-hydrogen) atoms. The molecular formula is C10H10ClNO3. The summed E-state index contributed by atoms with van der Waals surface area (Å²) < 4.78 is 10.6. The summed E-state index contributed by atoms with van der Waals surface area (Å²) in [5.41, 5.74) is 6.21. The predicted octanol–water partition coefficient (Wildman–Crippen LogP) is 1.48. The summed E-state index contributed by atoms with van der Waals surface area (Å²) in [7, 11) is 0. The molecule has 0 radical (unpaired) electrons. The minimum atomic E-state index is -0.536. The minimum Gasteiger partial charge on any atom is -0.366 e. The zero-order valence-electron chi connectivity index (χ0n) is 7.90. The molecule has 0 aromatic heterocycles. The van der Waals surface area contributed by atoms with Crippen LogP contribution in [0.1, 0.15) is 22.2 Å². The Balaban J connectivity index is 2.41. The van der Waals surface area contributed by atoms with Gasteiger partial charge in [0.2, 0.25) is 5.91 Å². The van der Waals surface area contributed by atoms with E-state index < -0.39 is 12.2 Å². The number of carbonyl (C=O) groups excluding carboxylic acids is 1. The van der Waals surface area contributed by atoms with Gasteiger partial charge in [0.15, 0.2) is 6.29 Å². The second kappa shape index (κ2) is 4.18. The third-order valence-electron chi connectivity index (χ3n) is 2.15. The van der Waals surface area contributed by atoms with E-state index in [9.17, 15) is 4.79 Å². The largest absolute Gasteiger partial charge is 0.366 e. The van der Waals surface area contributed by atoms with Gasteiger partial charge in [0.05, 0.1) is 13.2 Å². The lowest BCUT2D eigenvalue weighted by Crippen LogP contribution is -2.15. The number of rotatable bonds is 2. The smallest absolute Gasteiger partial charge is 0.249 e. The van der Waals surface area contributed by atoms with Crippen LogP contribution in [0, 0.1) is 0 Å². The Labute approximate surface area is 91.9 Å². The van der Waals surface area contributed by atoms with Gasteiger partial charge in [0, 0.05) is 16.1 Å². The van der Waals surface area contributed by atoms with Crippen molar-refractivity contribution in [2.24, 2.45) is 5.73 Å². The van der Waals surface area contributed by atoms with Crippen molar-refractivity contribution in [3.8, 4) is 0 Å². The molecule has 1 heterocycles. The number of carbonyl (C=O) groups is 1. The highest BCUT2D eigenvalue weighted by Gasteiger charge is 2.23. The molecule has 1 amide bonds. The maximum Gasteiger partial charge on any atom is 0.249 e. The molecule has 0 bridgehead atoms. The Morgan fingerprint density at radius 1 is 1.40 bits per heavy atom. The second-order valence-corrected chi connectivity index (χ2v) is 3.61. The number of primary amides is 1. The molecule has 80 valence electrons. The van der Waals surface area contributed by atoms with Crippen LogP contribution in [0.2, 0.25) is 5.02 Å². The number of nitrogens with two attached hydrogens (primary N) is 1. The van der Waals surface area contributed by atoms with Crippen LogP contribution < -0.4 is 5.73 Å². The van der Waals surface area contributed by atoms with E-state index in [1.165, 1.54) is 0 Å². The van der Waals surface area contributed by atoms with Crippen LogP contribution in [-0.2, 0) is 9.47 Å². The normalized spacial score (nSPS) is 16.9. The van der Waals surface area contributed by atoms with Gasteiger partial charge in [-0.25, -0.2) is 0 Å². The molecule has 5 heteroatoms. The van der Waals surface area contributed by atoms with E-state index >= 15 is 0 Å². The first kappa shape index (κ1) is 10.4. The summed E-state index contributed by atoms with van der Waals surface area (Å²) in [6.07, 6.45) is -0.536. The van der Waals surface area contributed by atoms with Crippen molar-refractivity contribution in [3.05, 3.63) is 34.3 Å². The van der Waals surface area contributed by atoms with E-state index in [0.29, 0.717) is 29.4 Å². The first-order valence-corrected chi connectivity index (χ1v) is 4.89. The molecule has 0 spiro atoms. The summed E-state index contributed by atoms with van der Waals surface area (Å²) in [4.78, 5) is 11.2. The molecule has 4 nitrogen and oxygen atoms in total. The molecular weight excluding hydrogens is 218 g/mol. The molecule has 1 aromatic rings. The van der Waals surface area contributed by atoms with Gasteiger partial charge in [-0.3, -0.25) is 4.79 Å². The van der Waals surface area contributed by atoms with Gasteiger partial charge >= 0.3 is 0 Å². The van der Waals surface area contributed by atoms with Gasteiger partial charge in [-0.2, -0.15) is 0 Å². The molecule has 1 aliphatic heterocycles. The lowest BCUT2D eigenvalue weighted by molar-refractivity contribution is -0.0445. The molecule has 0 aliphatic carbocycles. The highest BCUT2D eigenvalue weighted by molar-refractivity contribution is 6.30. The number of hydrogen-bond donors (Lipinski definition) is 1. The van der Waals surface area contributed by atoms with Crippen molar-refractivity contribution in [1.29, 1.82) is 0 Å². The Kier molecular flexibility index (Phi) is 2.90. The van der Waals surface area contributed by atoms with Gasteiger partial charge in [0.25, 0.3) is 0 Å². The number of benzene rings is 1. The number of amides is 1. The topological polar surface area (TPSA) is 61.6 Å². The summed E-state index contributed by atoms with van der Waals surface area (Å²) in [5, 5.41) is 0.522. The summed E-state index contributed by atoms with van der Waals surface area (Å²) in [6, 6.07) is 4.82. The Hall–Kier alpha value is -1.10. The monoisotopic (exact) mass is 227 g/mol. The van der Waals surface area contributed by atoms with Crippen LogP contribution in [0.4, 0.5) is 0 Å². The first-order chi connectivity index (χ1) is 7.18. The molecule has 0 saturated carbocycles. The molecule has 2 rings (SSSR count). The summed E-state index contributed by atoms with van der Waals surface area (Å²) in [6.45, 7) is 1.02. The standard InChI is InChI=1S/C10H10ClNO3/c11-6-1-2-7(9(12)13)8(5-6)10-14-3-4-15-10/h1-2,5,10H,3-4H2,(H2,12,13). The number of ether oxygens (including phenoxy) is 2. The fourth-order valence-corrected chi connectivity index (χ4v) is 1.67. The average molecular weight is 228 g/mol. The fourth-order valence-electron chi connectivity index (χ4n) is 1.49. The van der Waals surface area contributed by atoms with Crippen LogP contribution in [-0.4, -0.2) is 19.1 Å². The van der Waals surface area contributed by atoms with E-state index in [-0.39, 0.29) is 0 Å². The van der Waals surface area contributed by atoms with Crippen molar-refractivity contribution >= 4 is 17.5 Å². The highest BCUT2D eigenvalue weighted by Crippen LogP contribution is 2.28. The van der Waals surface area contributed by atoms with E-state index in [1.54, 1.807) is 18.2 Å². The third kappa shape index (κ3) is 2.12. The molecule has 1 aromatic carbocycles. The predicted molar refractivity (Wildman–Crippen MR) is 54.6 cm³/mol. The number of hydrogen-bond acceptors (Lipinski definition) is 3. The van der Waals surface area contributed by atoms with Crippen molar-refractivity contribution in [2.75, 3.05) is 13.2 Å². The van der Waals surface area contributed by atoms with Gasteiger partial charge in [-0.05, 0) is 18.2 Å². The SMILES string of the molecule is NC(=O)c1ccc(Cl)cc1C1OCCO1. The summed E-state index contributed by atoms with van der Waals surface area (Å²) in [5.74, 6) is -0.513. The van der Waals surface area contributed by atoms with E-state index in [1.807, 2.05) is 0 Å². The fraction of sp³-hybridized carbons (Fsp3) is 0.300. The quantitative estimate of drug-likeness (QED) is 0.833. The lowest BCUT2D eigenvalue weighted by Gasteiger charge is -2.12. The van der Waals surface area contributed by atoms with Crippen molar-refractivity contribution < 1.29 is 14.3 Å². The van der Waals surface area contributed by atoms with Gasteiger partial charge in [-0.15, -0.1) is 0 Å². The van der Waals surface area contributed by atoms with E-state index in [2.05, 4.69) is 0 Å². The van der Waals surface area contributed by atoms with Gasteiger partial charge < -0.3 is 15.2 Å². The minimum absolute atomic E-state index is 0.381. The van der Waals surface area contributed by atoms with Gasteiger partial charge in [0.1, 0.15) is 0 Å². The van der Waals surface area contributed by atoms with Crippen LogP contribution in [0.5, 0.6) is 0 Å². The number of halogens is 1. The molecule has 1 saturated heterocycles. The van der Waals surface area contributed by atoms with Crippen LogP contribution >= 0.6 is 11.6 Å². The Bertz CT molecular complexity index is 388. The van der Waals surface area contributed by atoms with Gasteiger partial charge in [-0.1, -0.05) is 11.6 Å². The van der Waals surface area contributed by atoms with E-state index in [4.69, 9.17) is 26.8 Å². The zero-order valence-corrected chi connectivity index (χ0v) is 8.66. The highest BCUT2D eigenvalue weighted by atomic mass is 35.5. The van der Waals surface area contributed by atoms with E-state index in [0.717, 1.165) is 0 Å². The molecule has 1 fully saturated rings. The Morgan fingerprint density at radius 2 is 2.07 bits per heavy atom. The lowest BCUT2D eigenvalue weighted by atomic mass is 10.1. The third-order valence-corrected chi connectivity index (χ3v) is 2.39. The van der Waals surface area contributed by atoms with Crippen LogP contribution in [0.25, 0.3) is 0 Å². The molecule has 2 N–H and O–H groups in total. The van der Waals surface area contributed by atoms with Crippen molar-refractivity contribution in [3.63, 3.8) is 0 Å². The average Bonchev–Trinajstić information content (AvgIpc) is 2.69. The van der Waals surface area contributed by atoms with Crippen LogP contribution in [0.3, 0.4) is 0 Å². The summed E-state index contributed by atoms with van der Waals surface area (Å²) >= 11 is 5.84. The zero-order chi connectivity index (χ0) is 10.8. The molecule has 0 unspecified atom stereocenters. The molecule has 1 aliphatic rings. The van der Waals surface area contributed by atoms with Crippen molar-refractivity contribution in [1.82, 2.24) is 0 Å². The maximum absolute atomic E-state index is 11.2. The maximum atomic E-state index is 11.2. The first-order valence-electron chi connectivity index (χ1n) is 4.51.